The number of hydrogen-bond donors (Lipinski definition) is 1. The molecule has 0 radical (unpaired) electrons. The van der Waals surface area contributed by atoms with Gasteiger partial charge in [-0.05, 0) is 28.1 Å². The second kappa shape index (κ2) is 5.89. The molecule has 0 spiro atoms. The van der Waals surface area contributed by atoms with Crippen molar-refractivity contribution in [3.8, 4) is 6.07 Å². The number of hydrogen-bond acceptors (Lipinski definition) is 4. The monoisotopic (exact) mass is 351 g/mol. The van der Waals surface area contributed by atoms with Gasteiger partial charge in [0.25, 0.3) is 0 Å². The number of benzene rings is 1. The molecule has 0 aliphatic heterocycles. The van der Waals surface area contributed by atoms with Gasteiger partial charge in [-0.2, -0.15) is 9.57 Å². The molecular formula is C10H11BrClN3O2S. The maximum atomic E-state index is 12.2. The molecule has 98 valence electrons. The maximum absolute atomic E-state index is 12.2. The Bertz CT molecular complexity index is 598. The highest BCUT2D eigenvalue weighted by Gasteiger charge is 2.24. The molecule has 0 aliphatic rings. The fourth-order valence-corrected chi connectivity index (χ4v) is 3.69. The molecule has 2 N–H and O–H groups in total. The van der Waals surface area contributed by atoms with Crippen molar-refractivity contribution in [1.82, 2.24) is 4.31 Å². The Hall–Kier alpha value is -0.810. The fraction of sp³-hybridized carbons (Fsp3) is 0.300. The quantitative estimate of drug-likeness (QED) is 0.842. The summed E-state index contributed by atoms with van der Waals surface area (Å²) in [6, 6.07) is 4.67. The molecule has 0 aromatic heterocycles. The van der Waals surface area contributed by atoms with E-state index in [0.29, 0.717) is 0 Å². The van der Waals surface area contributed by atoms with Gasteiger partial charge in [-0.3, -0.25) is 0 Å². The summed E-state index contributed by atoms with van der Waals surface area (Å²) in [5.41, 5.74) is 5.90. The van der Waals surface area contributed by atoms with Crippen LogP contribution in [0.15, 0.2) is 21.5 Å². The van der Waals surface area contributed by atoms with E-state index < -0.39 is 10.0 Å². The lowest BCUT2D eigenvalue weighted by Gasteiger charge is -2.17. The van der Waals surface area contributed by atoms with Crippen molar-refractivity contribution < 1.29 is 8.42 Å². The lowest BCUT2D eigenvalue weighted by Crippen LogP contribution is -2.28. The van der Waals surface area contributed by atoms with Crippen molar-refractivity contribution in [3.05, 3.63) is 21.6 Å². The molecular weight excluding hydrogens is 342 g/mol. The van der Waals surface area contributed by atoms with Crippen molar-refractivity contribution in [2.75, 3.05) is 19.3 Å². The summed E-state index contributed by atoms with van der Waals surface area (Å²) < 4.78 is 25.8. The third-order valence-electron chi connectivity index (χ3n) is 2.26. The van der Waals surface area contributed by atoms with Gasteiger partial charge in [0, 0.05) is 30.7 Å². The molecule has 0 heterocycles. The van der Waals surface area contributed by atoms with Crippen molar-refractivity contribution in [2.24, 2.45) is 0 Å². The van der Waals surface area contributed by atoms with Gasteiger partial charge in [-0.1, -0.05) is 11.6 Å². The summed E-state index contributed by atoms with van der Waals surface area (Å²) in [6.45, 7) is 0.109. The standard InChI is InChI=1S/C10H11BrClN3O2S/c1-15(4-2-3-13)18(16,17)9-6-7(12)5-8(14)10(9)11/h5-6H,2,4,14H2,1H3. The number of sulfonamides is 1. The minimum Gasteiger partial charge on any atom is -0.398 e. The van der Waals surface area contributed by atoms with Crippen LogP contribution in [0.1, 0.15) is 6.42 Å². The number of nitrogen functional groups attached to an aromatic ring is 1. The summed E-state index contributed by atoms with van der Waals surface area (Å²) in [4.78, 5) is -0.00654. The van der Waals surface area contributed by atoms with Crippen molar-refractivity contribution in [3.63, 3.8) is 0 Å². The first-order valence-electron chi connectivity index (χ1n) is 4.88. The first kappa shape index (κ1) is 15.2. The zero-order valence-electron chi connectivity index (χ0n) is 9.52. The van der Waals surface area contributed by atoms with Crippen molar-refractivity contribution in [1.29, 1.82) is 5.26 Å². The van der Waals surface area contributed by atoms with Gasteiger partial charge >= 0.3 is 0 Å². The highest BCUT2D eigenvalue weighted by Crippen LogP contribution is 2.32. The molecule has 0 atom stereocenters. The molecule has 8 heteroatoms. The highest BCUT2D eigenvalue weighted by atomic mass is 79.9. The second-order valence-corrected chi connectivity index (χ2v) is 6.78. The van der Waals surface area contributed by atoms with E-state index in [2.05, 4.69) is 15.9 Å². The van der Waals surface area contributed by atoms with Crippen molar-refractivity contribution in [2.45, 2.75) is 11.3 Å². The predicted molar refractivity (Wildman–Crippen MR) is 73.6 cm³/mol. The second-order valence-electron chi connectivity index (χ2n) is 3.54. The Balaban J connectivity index is 3.25. The average molecular weight is 353 g/mol. The summed E-state index contributed by atoms with van der Waals surface area (Å²) in [6.07, 6.45) is 0.114. The molecule has 0 unspecified atom stereocenters. The topological polar surface area (TPSA) is 87.2 Å². The minimum atomic E-state index is -3.72. The zero-order chi connectivity index (χ0) is 13.9. The molecule has 0 aliphatic carbocycles. The van der Waals surface area contributed by atoms with Crippen LogP contribution in [0.5, 0.6) is 0 Å². The predicted octanol–water partition coefficient (Wildman–Crippen LogP) is 2.22. The number of nitrogens with zero attached hydrogens (tertiary/aromatic N) is 2. The largest absolute Gasteiger partial charge is 0.398 e. The van der Waals surface area contributed by atoms with Crippen LogP contribution in [0.2, 0.25) is 5.02 Å². The Kier molecular flexibility index (Phi) is 4.99. The Morgan fingerprint density at radius 2 is 2.17 bits per heavy atom. The first-order chi connectivity index (χ1) is 8.30. The van der Waals surface area contributed by atoms with E-state index >= 15 is 0 Å². The summed E-state index contributed by atoms with van der Waals surface area (Å²) >= 11 is 8.93. The number of halogens is 2. The molecule has 0 fully saturated rings. The Morgan fingerprint density at radius 3 is 2.72 bits per heavy atom. The van der Waals surface area contributed by atoms with Crippen LogP contribution in [0.3, 0.4) is 0 Å². The number of nitriles is 1. The van der Waals surface area contributed by atoms with E-state index in [9.17, 15) is 8.42 Å². The highest BCUT2D eigenvalue weighted by molar-refractivity contribution is 9.10. The van der Waals surface area contributed by atoms with Crippen LogP contribution in [0.4, 0.5) is 5.69 Å². The van der Waals surface area contributed by atoms with Gasteiger partial charge < -0.3 is 5.73 Å². The van der Waals surface area contributed by atoms with E-state index in [1.807, 2.05) is 6.07 Å². The van der Waals surface area contributed by atoms with Gasteiger partial charge in [-0.15, -0.1) is 0 Å². The van der Waals surface area contributed by atoms with E-state index in [-0.39, 0.29) is 33.0 Å². The van der Waals surface area contributed by atoms with Crippen LogP contribution in [-0.2, 0) is 10.0 Å². The molecule has 0 bridgehead atoms. The van der Waals surface area contributed by atoms with Gasteiger partial charge in [0.2, 0.25) is 10.0 Å². The lowest BCUT2D eigenvalue weighted by molar-refractivity contribution is 0.476. The lowest BCUT2D eigenvalue weighted by atomic mass is 10.3. The smallest absolute Gasteiger partial charge is 0.244 e. The third-order valence-corrected chi connectivity index (χ3v) is 5.51. The normalized spacial score (nSPS) is 11.5. The van der Waals surface area contributed by atoms with Crippen LogP contribution >= 0.6 is 27.5 Å². The molecule has 1 rings (SSSR count). The zero-order valence-corrected chi connectivity index (χ0v) is 12.7. The van der Waals surface area contributed by atoms with Gasteiger partial charge in [0.05, 0.1) is 15.4 Å². The fourth-order valence-electron chi connectivity index (χ4n) is 1.27. The Morgan fingerprint density at radius 1 is 1.56 bits per heavy atom. The molecule has 0 saturated heterocycles. The minimum absolute atomic E-state index is 0.00654. The molecule has 5 nitrogen and oxygen atoms in total. The van der Waals surface area contributed by atoms with Crippen LogP contribution in [-0.4, -0.2) is 26.3 Å². The molecule has 1 aromatic rings. The number of anilines is 1. The summed E-state index contributed by atoms with van der Waals surface area (Å²) in [7, 11) is -2.32. The van der Waals surface area contributed by atoms with Crippen LogP contribution in [0.25, 0.3) is 0 Å². The van der Waals surface area contributed by atoms with Crippen LogP contribution < -0.4 is 5.73 Å². The van der Waals surface area contributed by atoms with E-state index in [4.69, 9.17) is 22.6 Å². The van der Waals surface area contributed by atoms with Crippen LogP contribution in [0, 0.1) is 11.3 Å². The average Bonchev–Trinajstić information content (AvgIpc) is 2.30. The summed E-state index contributed by atoms with van der Waals surface area (Å²) in [5, 5.41) is 8.71. The van der Waals surface area contributed by atoms with Crippen molar-refractivity contribution >= 4 is 43.2 Å². The van der Waals surface area contributed by atoms with Gasteiger partial charge in [0.15, 0.2) is 0 Å². The third kappa shape index (κ3) is 3.14. The maximum Gasteiger partial charge on any atom is 0.244 e. The van der Waals surface area contributed by atoms with E-state index in [1.165, 1.54) is 19.2 Å². The molecule has 0 saturated carbocycles. The molecule has 0 amide bonds. The Labute approximate surface area is 119 Å². The number of nitrogens with two attached hydrogens (primary N) is 1. The van der Waals surface area contributed by atoms with E-state index in [0.717, 1.165) is 4.31 Å². The van der Waals surface area contributed by atoms with Gasteiger partial charge in [0.1, 0.15) is 0 Å². The van der Waals surface area contributed by atoms with E-state index in [1.54, 1.807) is 0 Å². The first-order valence-corrected chi connectivity index (χ1v) is 7.49. The SMILES string of the molecule is CN(CCC#N)S(=O)(=O)c1cc(Cl)cc(N)c1Br. The summed E-state index contributed by atoms with van der Waals surface area (Å²) in [5.74, 6) is 0. The van der Waals surface area contributed by atoms with Gasteiger partial charge in [-0.25, -0.2) is 8.42 Å². The molecule has 1 aromatic carbocycles. The number of rotatable bonds is 4. The molecule has 18 heavy (non-hydrogen) atoms.